The molecule has 4 bridgehead atoms. The molecule has 7 aliphatic rings. The molecule has 0 amide bonds. The molecule has 4 N–H and O–H groups in total. The fraction of sp³-hybridized carbons (Fsp3) is 0.473. The topological polar surface area (TPSA) is 260 Å². The molecule has 1 spiro atoms. The summed E-state index contributed by atoms with van der Waals surface area (Å²) >= 11 is 0. The Bertz CT molecular complexity index is 3080. The van der Waals surface area contributed by atoms with E-state index >= 15 is 9.59 Å². The van der Waals surface area contributed by atoms with Crippen molar-refractivity contribution >= 4 is 47.1 Å². The summed E-state index contributed by atoms with van der Waals surface area (Å²) in [5.74, 6) is -5.32. The number of morpholine rings is 1. The molecule has 2 saturated heterocycles. The zero-order chi connectivity index (χ0) is 55.7. The fourth-order valence-electron chi connectivity index (χ4n) is 12.4. The molecular weight excluding hydrogens is 1060 g/mol. The Hall–Kier alpha value is -4.84. The summed E-state index contributed by atoms with van der Waals surface area (Å²) in [6.07, 6.45) is 9.00. The molecule has 77 heavy (non-hydrogen) atoms. The number of rotatable bonds is 18. The third-order valence-electron chi connectivity index (χ3n) is 15.5. The number of carbonyl (C=O) groups excluding carboxylic acids is 3. The summed E-state index contributed by atoms with van der Waals surface area (Å²) in [6, 6.07) is 17.7. The van der Waals surface area contributed by atoms with Crippen LogP contribution in [0.15, 0.2) is 102 Å². The number of ether oxygens (including phenoxy) is 5. The van der Waals surface area contributed by atoms with Crippen LogP contribution in [0, 0.1) is 17.8 Å². The largest absolute Gasteiger partial charge is 0.536 e. The molecule has 9 unspecified atom stereocenters. The number of hydrogen-bond donors (Lipinski definition) is 4. The van der Waals surface area contributed by atoms with E-state index in [4.69, 9.17) is 28.2 Å². The minimum Gasteiger partial charge on any atom is -0.482 e. The summed E-state index contributed by atoms with van der Waals surface area (Å²) in [5, 5.41) is 0. The maximum absolute atomic E-state index is 16.6. The second-order valence-corrected chi connectivity index (χ2v) is 26.2. The van der Waals surface area contributed by atoms with Crippen LogP contribution in [0.25, 0.3) is 6.08 Å². The van der Waals surface area contributed by atoms with Crippen molar-refractivity contribution in [2.75, 3.05) is 26.3 Å². The highest BCUT2D eigenvalue weighted by atomic mass is 31.3. The number of benzene rings is 3. The lowest BCUT2D eigenvalue weighted by Gasteiger charge is -2.64. The van der Waals surface area contributed by atoms with E-state index < -0.39 is 93.3 Å². The lowest BCUT2D eigenvalue weighted by Crippen LogP contribution is -2.82. The molecule has 4 aliphatic heterocycles. The predicted octanol–water partition coefficient (Wildman–Crippen LogP) is 9.88. The standard InChI is InChI=1S/C55H66NO18P3/c1-33(2)16-15-25-53(8)26-24-39-47(69-53)38(22-21-34(3)4)48-42(49(39)71-76(63,64)74-77(65,66)73-75(60,61)62)45(57)43-44(56-28-30-67-31-29-56)40-32-41-52(6,7)72-54(50(40)58,55(41,43)70-48)27-23-35(5)51(59)68-46(36-17-11-9-12-18-36)37-19-13-10-14-20-37/h9-14,16-21,23-24,26,40-41,43-44,46H,15,22,25,27-32H2,1-8H3,(H,63,64)(H,65,66)(H2,60,61,62)/b35-23-. The Balaban J connectivity index is 1.25. The van der Waals surface area contributed by atoms with E-state index in [1.165, 1.54) is 0 Å². The number of hydrogen-bond acceptors (Lipinski definition) is 15. The molecular formula is C55H66NO18P3. The Morgan fingerprint density at radius 3 is 2.04 bits per heavy atom. The number of phosphoric ester groups is 1. The van der Waals surface area contributed by atoms with Gasteiger partial charge in [-0.25, -0.2) is 18.5 Å². The monoisotopic (exact) mass is 1120 g/mol. The Labute approximate surface area is 447 Å². The van der Waals surface area contributed by atoms with Crippen LogP contribution in [0.2, 0.25) is 0 Å². The molecule has 10 rings (SSSR count). The second-order valence-electron chi connectivity index (χ2n) is 21.9. The lowest BCUT2D eigenvalue weighted by molar-refractivity contribution is -0.216. The summed E-state index contributed by atoms with van der Waals surface area (Å²) in [6.45, 7) is 16.0. The molecule has 3 aromatic rings. The lowest BCUT2D eigenvalue weighted by atomic mass is 9.44. The molecule has 0 radical (unpaired) electrons. The highest BCUT2D eigenvalue weighted by Gasteiger charge is 2.86. The summed E-state index contributed by atoms with van der Waals surface area (Å²) in [4.78, 5) is 89.4. The molecule has 3 aromatic carbocycles. The van der Waals surface area contributed by atoms with Gasteiger partial charge in [0.05, 0.1) is 30.3 Å². The van der Waals surface area contributed by atoms with Crippen LogP contribution in [0.4, 0.5) is 0 Å². The Morgan fingerprint density at radius 2 is 1.44 bits per heavy atom. The first-order chi connectivity index (χ1) is 36.1. The SMILES string of the molecule is CC(C)=CCCC1(C)C=Cc2c(c(CC=C(C)C)c3c(c2OP(=O)(O)OP(=O)(O)OP(=O)(O)O)C(=O)C2C(N4CCOCC4)C4CC5C(C)(C)OC(C/C=C(/C)C(=O)OC(c6ccccc6)c6ccccc6)(C4=O)C25O3)O1. The summed E-state index contributed by atoms with van der Waals surface area (Å²) in [5.41, 5.74) is -2.60. The quantitative estimate of drug-likeness (QED) is 0.0400. The minimum atomic E-state index is -6.07. The van der Waals surface area contributed by atoms with E-state index in [-0.39, 0.29) is 66.5 Å². The van der Waals surface area contributed by atoms with Gasteiger partial charge in [0.2, 0.25) is 0 Å². The molecule has 3 aliphatic carbocycles. The van der Waals surface area contributed by atoms with Crippen LogP contribution in [0.1, 0.15) is 120 Å². The number of ketones is 2. The maximum atomic E-state index is 16.6. The first-order valence-electron chi connectivity index (χ1n) is 25.6. The van der Waals surface area contributed by atoms with E-state index in [2.05, 4.69) is 8.62 Å². The molecule has 4 heterocycles. The van der Waals surface area contributed by atoms with Crippen molar-refractivity contribution in [3.05, 3.63) is 130 Å². The molecule has 3 saturated carbocycles. The zero-order valence-corrected chi connectivity index (χ0v) is 46.9. The van der Waals surface area contributed by atoms with Gasteiger partial charge in [0.25, 0.3) is 0 Å². The average molecular weight is 1120 g/mol. The Kier molecular flexibility index (Phi) is 15.5. The van der Waals surface area contributed by atoms with Crippen molar-refractivity contribution in [3.63, 3.8) is 0 Å². The minimum absolute atomic E-state index is 0.0479. The van der Waals surface area contributed by atoms with Crippen molar-refractivity contribution in [1.82, 2.24) is 4.90 Å². The van der Waals surface area contributed by atoms with Gasteiger partial charge >= 0.3 is 29.4 Å². The first kappa shape index (κ1) is 56.9. The van der Waals surface area contributed by atoms with Crippen molar-refractivity contribution < 1.29 is 84.5 Å². The number of nitrogens with zero attached hydrogens (tertiary/aromatic N) is 1. The predicted molar refractivity (Wildman–Crippen MR) is 282 cm³/mol. The van der Waals surface area contributed by atoms with Crippen molar-refractivity contribution in [2.24, 2.45) is 17.8 Å². The highest BCUT2D eigenvalue weighted by Crippen LogP contribution is 2.72. The Morgan fingerprint density at radius 1 is 0.818 bits per heavy atom. The average Bonchev–Trinajstić information content (AvgIpc) is 2.69. The third-order valence-corrected chi connectivity index (χ3v) is 19.3. The number of Topliss-reactive ketones (excluding diaryl/α,β-unsaturated/α-hetero) is 2. The van der Waals surface area contributed by atoms with E-state index in [0.29, 0.717) is 31.5 Å². The van der Waals surface area contributed by atoms with E-state index in [1.54, 1.807) is 25.2 Å². The van der Waals surface area contributed by atoms with E-state index in [0.717, 1.165) is 22.3 Å². The third kappa shape index (κ3) is 10.8. The van der Waals surface area contributed by atoms with Gasteiger partial charge in [0, 0.05) is 48.5 Å². The van der Waals surface area contributed by atoms with Gasteiger partial charge in [0.1, 0.15) is 22.7 Å². The highest BCUT2D eigenvalue weighted by molar-refractivity contribution is 7.66. The van der Waals surface area contributed by atoms with Crippen LogP contribution >= 0.6 is 23.5 Å². The van der Waals surface area contributed by atoms with Gasteiger partial charge in [-0.2, -0.15) is 8.62 Å². The van der Waals surface area contributed by atoms with Crippen LogP contribution < -0.4 is 14.0 Å². The molecule has 9 atom stereocenters. The zero-order valence-electron chi connectivity index (χ0n) is 44.2. The van der Waals surface area contributed by atoms with Crippen LogP contribution in [0.3, 0.4) is 0 Å². The normalized spacial score (nSPS) is 28.7. The molecule has 19 nitrogen and oxygen atoms in total. The van der Waals surface area contributed by atoms with Crippen molar-refractivity contribution in [1.29, 1.82) is 0 Å². The molecule has 5 fully saturated rings. The fourth-order valence-corrected chi connectivity index (χ4v) is 15.4. The molecule has 22 heteroatoms. The summed E-state index contributed by atoms with van der Waals surface area (Å²) < 4.78 is 86.6. The number of allylic oxidation sites excluding steroid dienone is 4. The molecule has 414 valence electrons. The van der Waals surface area contributed by atoms with Gasteiger partial charge in [-0.05, 0) is 104 Å². The van der Waals surface area contributed by atoms with Gasteiger partial charge in [-0.1, -0.05) is 90.0 Å². The van der Waals surface area contributed by atoms with Crippen LogP contribution in [0.5, 0.6) is 17.2 Å². The first-order valence-corrected chi connectivity index (χ1v) is 30.1. The van der Waals surface area contributed by atoms with Crippen molar-refractivity contribution in [3.8, 4) is 17.2 Å². The number of carbonyl (C=O) groups is 3. The number of esters is 1. The molecule has 0 aromatic heterocycles. The number of fused-ring (bicyclic) bond motifs is 2. The van der Waals surface area contributed by atoms with Gasteiger partial charge in [0.15, 0.2) is 34.6 Å². The second kappa shape index (κ2) is 21.0. The van der Waals surface area contributed by atoms with Gasteiger partial charge < -0.3 is 42.9 Å². The van der Waals surface area contributed by atoms with Gasteiger partial charge in [-0.3, -0.25) is 19.4 Å². The van der Waals surface area contributed by atoms with Crippen molar-refractivity contribution in [2.45, 2.75) is 122 Å². The summed E-state index contributed by atoms with van der Waals surface area (Å²) in [7, 11) is -17.9. The van der Waals surface area contributed by atoms with Gasteiger partial charge in [-0.15, -0.1) is 0 Å². The maximum Gasteiger partial charge on any atom is 0.536 e. The number of phosphoric acid groups is 3. The van der Waals surface area contributed by atoms with E-state index in [1.807, 2.05) is 126 Å². The van der Waals surface area contributed by atoms with Crippen LogP contribution in [-0.2, 0) is 52.5 Å². The smallest absolute Gasteiger partial charge is 0.482 e. The van der Waals surface area contributed by atoms with Crippen LogP contribution in [-0.4, -0.2) is 96.8 Å². The van der Waals surface area contributed by atoms with E-state index in [9.17, 15) is 38.1 Å².